The van der Waals surface area contributed by atoms with Gasteiger partial charge < -0.3 is 4.57 Å². The topological polar surface area (TPSA) is 52.5 Å². The molecule has 8 aromatic rings. The molecule has 0 aliphatic heterocycles. The van der Waals surface area contributed by atoms with E-state index in [1.807, 2.05) is 30.3 Å². The van der Waals surface area contributed by atoms with Crippen molar-refractivity contribution in [3.05, 3.63) is 187 Å². The Morgan fingerprint density at radius 2 is 0.917 bits per heavy atom. The summed E-state index contributed by atoms with van der Waals surface area (Å²) in [6, 6.07) is 66.5. The van der Waals surface area contributed by atoms with E-state index in [0.717, 1.165) is 38.6 Å². The molecule has 7 aromatic carbocycles. The highest BCUT2D eigenvalue weighted by Gasteiger charge is 2.41. The molecule has 0 atom stereocenters. The largest absolute Gasteiger partial charge is 0.307 e. The number of rotatable bonds is 6. The van der Waals surface area contributed by atoms with Crippen LogP contribution < -0.4 is 20.7 Å². The van der Waals surface area contributed by atoms with Crippen LogP contribution in [0.1, 0.15) is 11.1 Å². The Morgan fingerprint density at radius 1 is 0.438 bits per heavy atom. The maximum absolute atomic E-state index is 10.7. The molecule has 0 aliphatic carbocycles. The van der Waals surface area contributed by atoms with Crippen LogP contribution in [0.4, 0.5) is 0 Å². The third kappa shape index (κ3) is 4.48. The quantitative estimate of drug-likeness (QED) is 0.141. The van der Waals surface area contributed by atoms with Gasteiger partial charge in [-0.3, -0.25) is 0 Å². The average molecular weight is 628 g/mol. The van der Waals surface area contributed by atoms with Crippen molar-refractivity contribution in [2.45, 2.75) is 0 Å². The summed E-state index contributed by atoms with van der Waals surface area (Å²) in [6.07, 6.45) is 0. The van der Waals surface area contributed by atoms with E-state index in [1.165, 1.54) is 20.7 Å². The monoisotopic (exact) mass is 627 g/mol. The third-order valence-corrected chi connectivity index (χ3v) is 14.2. The molecule has 48 heavy (non-hydrogen) atoms. The van der Waals surface area contributed by atoms with Crippen LogP contribution in [0.15, 0.2) is 176 Å². The minimum atomic E-state index is -2.80. The van der Waals surface area contributed by atoms with E-state index in [0.29, 0.717) is 11.1 Å². The van der Waals surface area contributed by atoms with Crippen molar-refractivity contribution in [3.63, 3.8) is 0 Å². The highest BCUT2D eigenvalue weighted by Crippen LogP contribution is 2.38. The summed E-state index contributed by atoms with van der Waals surface area (Å²) in [5, 5.41) is 28.2. The molecule has 224 valence electrons. The number of aromatic nitrogens is 1. The number of hydrogen-bond donors (Lipinski definition) is 0. The van der Waals surface area contributed by atoms with Gasteiger partial charge in [0.25, 0.3) is 0 Å². The maximum Gasteiger partial charge on any atom is 0.179 e. The van der Waals surface area contributed by atoms with E-state index in [9.17, 15) is 10.5 Å². The lowest BCUT2D eigenvalue weighted by Gasteiger charge is -2.34. The van der Waals surface area contributed by atoms with Crippen molar-refractivity contribution in [2.24, 2.45) is 0 Å². The van der Waals surface area contributed by atoms with Gasteiger partial charge in [-0.1, -0.05) is 158 Å². The van der Waals surface area contributed by atoms with Crippen LogP contribution in [0.3, 0.4) is 0 Å². The number of benzene rings is 7. The molecule has 0 aliphatic rings. The second-order valence-corrected chi connectivity index (χ2v) is 15.7. The fourth-order valence-corrected chi connectivity index (χ4v) is 12.2. The van der Waals surface area contributed by atoms with Crippen LogP contribution in [0.5, 0.6) is 0 Å². The first-order valence-corrected chi connectivity index (χ1v) is 18.0. The maximum atomic E-state index is 10.7. The summed E-state index contributed by atoms with van der Waals surface area (Å²) < 4.78 is 2.17. The summed E-state index contributed by atoms with van der Waals surface area (Å²) in [5.74, 6) is 0. The highest BCUT2D eigenvalue weighted by atomic mass is 28.3. The minimum absolute atomic E-state index is 0.357. The van der Waals surface area contributed by atoms with Crippen molar-refractivity contribution < 1.29 is 0 Å². The summed E-state index contributed by atoms with van der Waals surface area (Å²) >= 11 is 0. The lowest BCUT2D eigenvalue weighted by Crippen LogP contribution is -2.74. The minimum Gasteiger partial charge on any atom is -0.307 e. The number of nitrogens with zero attached hydrogens (tertiary/aromatic N) is 3. The molecule has 3 nitrogen and oxygen atoms in total. The van der Waals surface area contributed by atoms with E-state index < -0.39 is 8.07 Å². The second kappa shape index (κ2) is 12.0. The first-order chi connectivity index (χ1) is 23.8. The number of fused-ring (bicyclic) bond motifs is 3. The molecular formula is C44H29N3Si. The summed E-state index contributed by atoms with van der Waals surface area (Å²) in [5.41, 5.74) is 5.31. The first kappa shape index (κ1) is 29.0. The molecule has 0 saturated carbocycles. The zero-order chi connectivity index (χ0) is 32.5. The van der Waals surface area contributed by atoms with Gasteiger partial charge in [0, 0.05) is 16.3 Å². The highest BCUT2D eigenvalue weighted by molar-refractivity contribution is 7.19. The summed E-state index contributed by atoms with van der Waals surface area (Å²) in [6.45, 7) is 0. The van der Waals surface area contributed by atoms with Crippen molar-refractivity contribution in [1.29, 1.82) is 10.5 Å². The van der Waals surface area contributed by atoms with Gasteiger partial charge >= 0.3 is 0 Å². The van der Waals surface area contributed by atoms with Crippen molar-refractivity contribution in [1.82, 2.24) is 4.57 Å². The van der Waals surface area contributed by atoms with Crippen LogP contribution >= 0.6 is 0 Å². The van der Waals surface area contributed by atoms with E-state index >= 15 is 0 Å². The molecule has 0 radical (unpaired) electrons. The number of hydrogen-bond acceptors (Lipinski definition) is 2. The molecular weight excluding hydrogens is 599 g/mol. The first-order valence-electron chi connectivity index (χ1n) is 16.0. The molecule has 1 aromatic heterocycles. The molecule has 0 fully saturated rings. The van der Waals surface area contributed by atoms with Gasteiger partial charge in [-0.25, -0.2) is 0 Å². The Morgan fingerprint density at radius 3 is 1.42 bits per heavy atom. The van der Waals surface area contributed by atoms with Gasteiger partial charge in [-0.2, -0.15) is 10.5 Å². The zero-order valence-electron chi connectivity index (χ0n) is 26.1. The molecule has 0 bridgehead atoms. The zero-order valence-corrected chi connectivity index (χ0v) is 27.1. The number of nitriles is 2. The fraction of sp³-hybridized carbons (Fsp3) is 0. The van der Waals surface area contributed by atoms with Crippen molar-refractivity contribution in [2.75, 3.05) is 0 Å². The van der Waals surface area contributed by atoms with Gasteiger partial charge in [0.1, 0.15) is 12.1 Å². The summed E-state index contributed by atoms with van der Waals surface area (Å²) in [4.78, 5) is 0. The second-order valence-electron chi connectivity index (χ2n) is 11.9. The standard InChI is InChI=1S/C44H29N3Si/c45-30-33-27-28-38(44(41(33)31-46)47-42-25-12-10-23-39(42)40-24-11-13-26-43(40)47)32-15-14-22-37(29-32)48(34-16-4-1-5-17-34,35-18-6-2-7-19-35)36-20-8-3-9-21-36/h1-29H. The van der Waals surface area contributed by atoms with E-state index in [2.05, 4.69) is 156 Å². The van der Waals surface area contributed by atoms with Crippen LogP contribution in [-0.4, -0.2) is 12.6 Å². The van der Waals surface area contributed by atoms with Crippen molar-refractivity contribution >= 4 is 50.6 Å². The van der Waals surface area contributed by atoms with Crippen LogP contribution in [0.25, 0.3) is 38.6 Å². The Labute approximate surface area is 280 Å². The molecule has 0 unspecified atom stereocenters. The Balaban J connectivity index is 1.47. The smallest absolute Gasteiger partial charge is 0.179 e. The summed E-state index contributed by atoms with van der Waals surface area (Å²) in [7, 11) is -2.80. The van der Waals surface area contributed by atoms with Gasteiger partial charge in [0.2, 0.25) is 0 Å². The Kier molecular flexibility index (Phi) is 7.27. The van der Waals surface area contributed by atoms with Crippen LogP contribution in [0, 0.1) is 22.7 Å². The predicted octanol–water partition coefficient (Wildman–Crippen LogP) is 7.57. The molecule has 0 spiro atoms. The predicted molar refractivity (Wildman–Crippen MR) is 199 cm³/mol. The van der Waals surface area contributed by atoms with Gasteiger partial charge in [0.05, 0.1) is 27.8 Å². The number of para-hydroxylation sites is 2. The van der Waals surface area contributed by atoms with Crippen LogP contribution in [-0.2, 0) is 0 Å². The molecule has 4 heteroatoms. The Hall–Kier alpha value is -6.46. The SMILES string of the molecule is N#Cc1ccc(-c2cccc([Si](c3ccccc3)(c3ccccc3)c3ccccc3)c2)c(-n2c3ccccc3c3ccccc32)c1C#N. The van der Waals surface area contributed by atoms with Crippen LogP contribution in [0.2, 0.25) is 0 Å². The molecule has 0 N–H and O–H groups in total. The normalized spacial score (nSPS) is 11.3. The lowest BCUT2D eigenvalue weighted by atomic mass is 9.96. The van der Waals surface area contributed by atoms with Gasteiger partial charge in [-0.15, -0.1) is 0 Å². The van der Waals surface area contributed by atoms with E-state index in [4.69, 9.17) is 0 Å². The van der Waals surface area contributed by atoms with E-state index in [1.54, 1.807) is 6.07 Å². The van der Waals surface area contributed by atoms with Gasteiger partial charge in [-0.05, 0) is 44.5 Å². The molecule has 0 amide bonds. The van der Waals surface area contributed by atoms with Gasteiger partial charge in [0.15, 0.2) is 8.07 Å². The lowest BCUT2D eigenvalue weighted by molar-refractivity contribution is 1.16. The molecule has 8 rings (SSSR count). The third-order valence-electron chi connectivity index (χ3n) is 9.44. The average Bonchev–Trinajstić information content (AvgIpc) is 3.50. The molecule has 0 saturated heterocycles. The van der Waals surface area contributed by atoms with Crippen molar-refractivity contribution in [3.8, 4) is 29.0 Å². The Bertz CT molecular complexity index is 2370. The van der Waals surface area contributed by atoms with E-state index in [-0.39, 0.29) is 0 Å². The fourth-order valence-electron chi connectivity index (χ4n) is 7.41. The molecule has 1 heterocycles.